The second-order valence-electron chi connectivity index (χ2n) is 13.8. The number of likely N-dealkylation sites (tertiary alicyclic amines) is 2. The highest BCUT2D eigenvalue weighted by atomic mass is 19.4. The molecule has 2 amide bonds. The number of hydrogen-bond donors (Lipinski definition) is 3. The lowest BCUT2D eigenvalue weighted by Gasteiger charge is -2.40. The van der Waals surface area contributed by atoms with Crippen LogP contribution in [0.2, 0.25) is 0 Å². The van der Waals surface area contributed by atoms with E-state index in [1.807, 2.05) is 13.8 Å². The molecule has 2 heterocycles. The third-order valence-corrected chi connectivity index (χ3v) is 7.04. The maximum atomic E-state index is 12.4. The quantitative estimate of drug-likeness (QED) is 0.152. The van der Waals surface area contributed by atoms with E-state index in [1.54, 1.807) is 53.7 Å². The number of rotatable bonds is 10. The normalized spacial score (nSPS) is 17.7. The average molecular weight is 784 g/mol. The number of allylic oxidation sites excluding steroid dienone is 1. The number of carbonyl (C=O) groups excluding carboxylic acids is 5. The van der Waals surface area contributed by atoms with Gasteiger partial charge in [-0.15, -0.1) is 0 Å². The Kier molecular flexibility index (Phi) is 22.7. The van der Waals surface area contributed by atoms with Gasteiger partial charge in [0.25, 0.3) is 0 Å². The largest absolute Gasteiger partial charge is 0.490 e. The van der Waals surface area contributed by atoms with E-state index in [2.05, 4.69) is 9.47 Å². The van der Waals surface area contributed by atoms with Crippen LogP contribution >= 0.6 is 0 Å². The summed E-state index contributed by atoms with van der Waals surface area (Å²) in [5, 5.41) is 15.8. The first-order valence-corrected chi connectivity index (χ1v) is 17.0. The topological polar surface area (TPSA) is 229 Å². The molecule has 0 aliphatic carbocycles. The third kappa shape index (κ3) is 22.4. The zero-order valence-corrected chi connectivity index (χ0v) is 32.6. The van der Waals surface area contributed by atoms with E-state index in [0.717, 1.165) is 12.8 Å². The molecule has 2 aliphatic heterocycles. The maximum Gasteiger partial charge on any atom is 0.490 e. The number of esters is 2. The molecule has 2 saturated heterocycles. The van der Waals surface area contributed by atoms with Gasteiger partial charge in [-0.05, 0) is 73.1 Å². The Balaban J connectivity index is 0. The number of ether oxygens (including phenoxy) is 4. The standard InChI is InChI=1S/C17H27NO5.C9H15NO4.C7H13NO2.C2HF3O2/c1-6-12(7-8-15(20)22-5)11-14(19)13-9-10-18(13)16(21)23-17(2,3)4;1-9(2,3)14-8(13)10-5-4-6(10)7(11)12;1-3-6(8)4-5-7(9)10-2;3-2(4,5)1(6)7/h7-8,12-13H,6,9-11H2,1-5H3;6H,4-5H2,1-3H3,(H,11,12);4-6H,3,8H2,1-2H3;(H,6,7)/b8-7+;;5-4+;/t12-,13-;2*6-;/m000./s1. The Bertz CT molecular complexity index is 1320. The smallest absolute Gasteiger partial charge is 0.480 e. The molecule has 0 radical (unpaired) electrons. The van der Waals surface area contributed by atoms with Gasteiger partial charge in [-0.2, -0.15) is 13.2 Å². The molecule has 4 N–H and O–H groups in total. The number of carboxylic acid groups (broad SMARTS) is 2. The fourth-order valence-electron chi connectivity index (χ4n) is 3.88. The molecule has 16 nitrogen and oxygen atoms in total. The van der Waals surface area contributed by atoms with Gasteiger partial charge >= 0.3 is 42.2 Å². The molecule has 0 aromatic rings. The molecule has 2 aliphatic rings. The van der Waals surface area contributed by atoms with Crippen LogP contribution < -0.4 is 5.73 Å². The number of Topliss-reactive ketones (excluding diaryl/α,β-unsaturated/α-hetero) is 1. The Hall–Kier alpha value is -4.68. The molecular weight excluding hydrogens is 727 g/mol. The van der Waals surface area contributed by atoms with Crippen LogP contribution in [0.4, 0.5) is 22.8 Å². The Morgan fingerprint density at radius 3 is 1.41 bits per heavy atom. The van der Waals surface area contributed by atoms with Crippen LogP contribution in [0.25, 0.3) is 0 Å². The number of carbonyl (C=O) groups is 7. The van der Waals surface area contributed by atoms with Gasteiger partial charge in [-0.1, -0.05) is 26.0 Å². The molecule has 0 saturated carbocycles. The summed E-state index contributed by atoms with van der Waals surface area (Å²) in [4.78, 5) is 79.6. The van der Waals surface area contributed by atoms with Gasteiger partial charge in [-0.25, -0.2) is 28.8 Å². The van der Waals surface area contributed by atoms with Crippen LogP contribution in [-0.4, -0.2) is 125 Å². The summed E-state index contributed by atoms with van der Waals surface area (Å²) in [5.74, 6) is -4.56. The maximum absolute atomic E-state index is 12.4. The summed E-state index contributed by atoms with van der Waals surface area (Å²) in [7, 11) is 2.65. The summed E-state index contributed by atoms with van der Waals surface area (Å²) < 4.78 is 51.0. The first kappa shape index (κ1) is 51.4. The van der Waals surface area contributed by atoms with Gasteiger partial charge in [0.2, 0.25) is 0 Å². The predicted octanol–water partition coefficient (Wildman–Crippen LogP) is 4.88. The number of halogens is 3. The van der Waals surface area contributed by atoms with Gasteiger partial charge in [0.15, 0.2) is 5.78 Å². The molecular formula is C35H56F3N3O13. The van der Waals surface area contributed by atoms with Crippen molar-refractivity contribution >= 4 is 41.8 Å². The van der Waals surface area contributed by atoms with E-state index in [-0.39, 0.29) is 23.7 Å². The highest BCUT2D eigenvalue weighted by Crippen LogP contribution is 2.25. The van der Waals surface area contributed by atoms with Crippen LogP contribution in [-0.2, 0) is 42.9 Å². The van der Waals surface area contributed by atoms with Crippen LogP contribution in [0, 0.1) is 5.92 Å². The molecule has 54 heavy (non-hydrogen) atoms. The molecule has 0 bridgehead atoms. The number of amides is 2. The first-order valence-electron chi connectivity index (χ1n) is 17.0. The van der Waals surface area contributed by atoms with Crippen molar-refractivity contribution in [2.45, 2.75) is 123 Å². The number of methoxy groups -OCH3 is 2. The van der Waals surface area contributed by atoms with Gasteiger partial charge in [0.05, 0.1) is 20.3 Å². The number of alkyl halides is 3. The lowest BCUT2D eigenvalue weighted by molar-refractivity contribution is -0.192. The molecule has 0 unspecified atom stereocenters. The molecule has 4 atom stereocenters. The fraction of sp³-hybridized carbons (Fsp3) is 0.686. The van der Waals surface area contributed by atoms with Crippen molar-refractivity contribution < 1.29 is 75.9 Å². The first-order chi connectivity index (χ1) is 24.6. The van der Waals surface area contributed by atoms with Crippen LogP contribution in [0.3, 0.4) is 0 Å². The summed E-state index contributed by atoms with van der Waals surface area (Å²) in [6, 6.07) is -1.16. The molecule has 0 aromatic heterocycles. The highest BCUT2D eigenvalue weighted by molar-refractivity contribution is 5.89. The SMILES string of the molecule is CC(C)(C)OC(=O)N1CC[C@H]1C(=O)O.CC[C@@H](/C=C/C(=O)OC)CC(=O)[C@@H]1CCN1C(=O)OC(C)(C)C.CC[C@H](N)/C=C/C(=O)OC.O=C(O)C(F)(F)F. The fourth-order valence-corrected chi connectivity index (χ4v) is 3.88. The second kappa shape index (κ2) is 23.9. The minimum Gasteiger partial charge on any atom is -0.480 e. The van der Waals surface area contributed by atoms with Gasteiger partial charge in [-0.3, -0.25) is 14.6 Å². The highest BCUT2D eigenvalue weighted by Gasteiger charge is 2.41. The van der Waals surface area contributed by atoms with Crippen molar-refractivity contribution in [3.05, 3.63) is 24.3 Å². The van der Waals surface area contributed by atoms with E-state index in [4.69, 9.17) is 30.2 Å². The van der Waals surface area contributed by atoms with Crippen molar-refractivity contribution in [1.29, 1.82) is 0 Å². The number of hydrogen-bond acceptors (Lipinski definition) is 12. The number of carboxylic acids is 2. The zero-order valence-electron chi connectivity index (χ0n) is 32.6. The van der Waals surface area contributed by atoms with Crippen LogP contribution in [0.1, 0.15) is 87.5 Å². The Labute approximate surface area is 313 Å². The summed E-state index contributed by atoms with van der Waals surface area (Å²) in [6.45, 7) is 15.6. The minimum absolute atomic E-state index is 0.00322. The predicted molar refractivity (Wildman–Crippen MR) is 188 cm³/mol. The van der Waals surface area contributed by atoms with E-state index < -0.39 is 59.6 Å². The summed E-state index contributed by atoms with van der Waals surface area (Å²) >= 11 is 0. The summed E-state index contributed by atoms with van der Waals surface area (Å²) in [5.41, 5.74) is 4.33. The van der Waals surface area contributed by atoms with Crippen molar-refractivity contribution in [3.63, 3.8) is 0 Å². The molecule has 19 heteroatoms. The minimum atomic E-state index is -5.08. The average Bonchev–Trinajstić information content (AvgIpc) is 2.98. The number of nitrogens with zero attached hydrogens (tertiary/aromatic N) is 2. The Morgan fingerprint density at radius 2 is 1.13 bits per heavy atom. The molecule has 310 valence electrons. The van der Waals surface area contributed by atoms with E-state index in [0.29, 0.717) is 32.4 Å². The second-order valence-corrected chi connectivity index (χ2v) is 13.8. The van der Waals surface area contributed by atoms with E-state index in [9.17, 15) is 41.9 Å². The van der Waals surface area contributed by atoms with Gasteiger partial charge in [0, 0.05) is 37.7 Å². The van der Waals surface area contributed by atoms with Crippen LogP contribution in [0.15, 0.2) is 24.3 Å². The zero-order chi connectivity index (χ0) is 42.6. The number of nitrogens with two attached hydrogens (primary N) is 1. The van der Waals surface area contributed by atoms with Gasteiger partial charge < -0.3 is 34.9 Å². The van der Waals surface area contributed by atoms with Gasteiger partial charge in [0.1, 0.15) is 17.2 Å². The van der Waals surface area contributed by atoms with Crippen molar-refractivity contribution in [2.24, 2.45) is 11.7 Å². The lowest BCUT2D eigenvalue weighted by atomic mass is 9.90. The van der Waals surface area contributed by atoms with Crippen molar-refractivity contribution in [2.75, 3.05) is 27.3 Å². The third-order valence-electron chi connectivity index (χ3n) is 7.04. The van der Waals surface area contributed by atoms with Crippen molar-refractivity contribution in [1.82, 2.24) is 9.80 Å². The van der Waals surface area contributed by atoms with E-state index in [1.165, 1.54) is 36.2 Å². The molecule has 2 rings (SSSR count). The van der Waals surface area contributed by atoms with Crippen LogP contribution in [0.5, 0.6) is 0 Å². The number of ketones is 1. The van der Waals surface area contributed by atoms with E-state index >= 15 is 0 Å². The lowest BCUT2D eigenvalue weighted by Crippen LogP contribution is -2.56. The monoisotopic (exact) mass is 783 g/mol. The molecule has 0 spiro atoms. The molecule has 2 fully saturated rings. The summed E-state index contributed by atoms with van der Waals surface area (Å²) in [6.07, 6.45) is 2.97. The molecule has 0 aromatic carbocycles. The van der Waals surface area contributed by atoms with Crippen molar-refractivity contribution in [3.8, 4) is 0 Å². The number of aliphatic carboxylic acids is 2. The Morgan fingerprint density at radius 1 is 0.741 bits per heavy atom.